The van der Waals surface area contributed by atoms with Gasteiger partial charge in [0.05, 0.1) is 11.3 Å². The van der Waals surface area contributed by atoms with Crippen LogP contribution in [0.15, 0.2) is 30.9 Å². The number of imidazole rings is 1. The lowest BCUT2D eigenvalue weighted by molar-refractivity contribution is -0.384. The number of fused-ring (bicyclic) bond motifs is 1. The molecule has 21 heavy (non-hydrogen) atoms. The van der Waals surface area contributed by atoms with E-state index in [4.69, 9.17) is 0 Å². The molecule has 0 spiro atoms. The minimum atomic E-state index is -0.403. The number of rotatable bonds is 4. The lowest BCUT2D eigenvalue weighted by Crippen LogP contribution is -2.04. The lowest BCUT2D eigenvalue weighted by Gasteiger charge is -2.08. The number of nitrogens with zero attached hydrogens (tertiary/aromatic N) is 4. The van der Waals surface area contributed by atoms with E-state index in [0.29, 0.717) is 23.5 Å². The smallest absolute Gasteiger partial charge is 0.269 e. The van der Waals surface area contributed by atoms with Crippen molar-refractivity contribution in [3.8, 4) is 0 Å². The molecule has 0 aliphatic carbocycles. The van der Waals surface area contributed by atoms with E-state index in [0.717, 1.165) is 11.1 Å². The zero-order chi connectivity index (χ0) is 14.8. The average Bonchev–Trinajstić information content (AvgIpc) is 2.95. The van der Waals surface area contributed by atoms with Crippen molar-refractivity contribution in [2.45, 2.75) is 13.5 Å². The topological polar surface area (TPSA) is 110 Å². The van der Waals surface area contributed by atoms with Crippen LogP contribution in [0.4, 0.5) is 11.5 Å². The van der Waals surface area contributed by atoms with Gasteiger partial charge in [-0.15, -0.1) is 0 Å². The third kappa shape index (κ3) is 2.50. The molecule has 1 aromatic carbocycles. The van der Waals surface area contributed by atoms with E-state index in [2.05, 4.69) is 25.3 Å². The fraction of sp³-hybridized carbons (Fsp3) is 0.154. The summed E-state index contributed by atoms with van der Waals surface area (Å²) in [6.07, 6.45) is 2.98. The summed E-state index contributed by atoms with van der Waals surface area (Å²) < 4.78 is 0. The van der Waals surface area contributed by atoms with Crippen LogP contribution in [-0.4, -0.2) is 24.9 Å². The van der Waals surface area contributed by atoms with E-state index >= 15 is 0 Å². The van der Waals surface area contributed by atoms with Gasteiger partial charge < -0.3 is 10.3 Å². The maximum atomic E-state index is 10.8. The minimum absolute atomic E-state index is 0.0741. The zero-order valence-electron chi connectivity index (χ0n) is 11.2. The van der Waals surface area contributed by atoms with Gasteiger partial charge >= 0.3 is 0 Å². The maximum absolute atomic E-state index is 10.8. The molecule has 0 atom stereocenters. The molecule has 3 rings (SSSR count). The largest absolute Gasteiger partial charge is 0.364 e. The van der Waals surface area contributed by atoms with Crippen molar-refractivity contribution in [1.82, 2.24) is 19.9 Å². The van der Waals surface area contributed by atoms with Gasteiger partial charge in [-0.1, -0.05) is 6.07 Å². The molecule has 2 N–H and O–H groups in total. The van der Waals surface area contributed by atoms with E-state index in [1.807, 2.05) is 6.92 Å². The Bertz CT molecular complexity index is 813. The van der Waals surface area contributed by atoms with Gasteiger partial charge in [0.15, 0.2) is 11.5 Å². The molecular weight excluding hydrogens is 272 g/mol. The normalized spacial score (nSPS) is 10.7. The van der Waals surface area contributed by atoms with E-state index in [1.54, 1.807) is 18.5 Å². The predicted octanol–water partition coefficient (Wildman–Crippen LogP) is 2.18. The Morgan fingerprint density at radius 2 is 2.19 bits per heavy atom. The molecule has 106 valence electrons. The zero-order valence-corrected chi connectivity index (χ0v) is 11.2. The second-order valence-corrected chi connectivity index (χ2v) is 4.54. The highest BCUT2D eigenvalue weighted by molar-refractivity contribution is 5.81. The summed E-state index contributed by atoms with van der Waals surface area (Å²) in [6.45, 7) is 2.33. The molecule has 0 fully saturated rings. The number of nitro groups is 1. The van der Waals surface area contributed by atoms with Crippen LogP contribution in [0.2, 0.25) is 0 Å². The Morgan fingerprint density at radius 3 is 3.00 bits per heavy atom. The van der Waals surface area contributed by atoms with Crippen molar-refractivity contribution < 1.29 is 4.92 Å². The maximum Gasteiger partial charge on any atom is 0.269 e. The number of nitro benzene ring substituents is 1. The first-order valence-electron chi connectivity index (χ1n) is 6.27. The lowest BCUT2D eigenvalue weighted by atomic mass is 10.1. The van der Waals surface area contributed by atoms with Crippen LogP contribution in [-0.2, 0) is 6.54 Å². The summed E-state index contributed by atoms with van der Waals surface area (Å²) in [5.41, 5.74) is 3.17. The number of non-ortho nitro benzene ring substituents is 1. The quantitative estimate of drug-likeness (QED) is 0.561. The van der Waals surface area contributed by atoms with Gasteiger partial charge in [-0.3, -0.25) is 10.1 Å². The highest BCUT2D eigenvalue weighted by Crippen LogP contribution is 2.20. The minimum Gasteiger partial charge on any atom is -0.364 e. The van der Waals surface area contributed by atoms with Crippen LogP contribution in [0, 0.1) is 17.0 Å². The molecular formula is C13H12N6O2. The molecule has 8 heteroatoms. The SMILES string of the molecule is Cc1ccc([N+](=O)[O-])cc1CNc1ncnc2[nH]cnc12. The van der Waals surface area contributed by atoms with Crippen molar-refractivity contribution in [2.24, 2.45) is 0 Å². The Balaban J connectivity index is 1.86. The first-order chi connectivity index (χ1) is 10.1. The van der Waals surface area contributed by atoms with Gasteiger partial charge in [-0.05, 0) is 18.1 Å². The molecule has 3 aromatic rings. The van der Waals surface area contributed by atoms with Crippen molar-refractivity contribution >= 4 is 22.7 Å². The van der Waals surface area contributed by atoms with Crippen molar-refractivity contribution in [3.63, 3.8) is 0 Å². The number of nitrogens with one attached hydrogen (secondary N) is 2. The Hall–Kier alpha value is -3.03. The summed E-state index contributed by atoms with van der Waals surface area (Å²) in [6, 6.07) is 4.79. The molecule has 0 radical (unpaired) electrons. The summed E-state index contributed by atoms with van der Waals surface area (Å²) in [4.78, 5) is 25.7. The summed E-state index contributed by atoms with van der Waals surface area (Å²) in [5, 5.41) is 14.0. The first kappa shape index (κ1) is 13.0. The van der Waals surface area contributed by atoms with E-state index < -0.39 is 4.92 Å². The number of benzene rings is 1. The Morgan fingerprint density at radius 1 is 1.33 bits per heavy atom. The average molecular weight is 284 g/mol. The van der Waals surface area contributed by atoms with Crippen LogP contribution in [0.25, 0.3) is 11.2 Å². The van der Waals surface area contributed by atoms with Gasteiger partial charge in [0, 0.05) is 18.7 Å². The number of hydrogen-bond donors (Lipinski definition) is 2. The molecule has 0 aliphatic heterocycles. The van der Waals surface area contributed by atoms with Gasteiger partial charge in [-0.25, -0.2) is 15.0 Å². The summed E-state index contributed by atoms with van der Waals surface area (Å²) in [7, 11) is 0. The highest BCUT2D eigenvalue weighted by Gasteiger charge is 2.10. The first-order valence-corrected chi connectivity index (χ1v) is 6.27. The van der Waals surface area contributed by atoms with Gasteiger partial charge in [0.1, 0.15) is 11.8 Å². The summed E-state index contributed by atoms with van der Waals surface area (Å²) in [5.74, 6) is 0.590. The van der Waals surface area contributed by atoms with Gasteiger partial charge in [-0.2, -0.15) is 0 Å². The fourth-order valence-corrected chi connectivity index (χ4v) is 2.03. The molecule has 0 aliphatic rings. The standard InChI is InChI=1S/C13H12N6O2/c1-8-2-3-10(19(20)21)4-9(8)5-14-12-11-13(16-6-15-11)18-7-17-12/h2-4,6-7H,5H2,1H3,(H2,14,15,16,17,18). The Labute approximate surface area is 119 Å². The van der Waals surface area contributed by atoms with E-state index in [-0.39, 0.29) is 5.69 Å². The van der Waals surface area contributed by atoms with Crippen LogP contribution in [0.1, 0.15) is 11.1 Å². The highest BCUT2D eigenvalue weighted by atomic mass is 16.6. The number of anilines is 1. The third-order valence-corrected chi connectivity index (χ3v) is 3.21. The monoisotopic (exact) mass is 284 g/mol. The molecule has 0 amide bonds. The number of H-pyrrole nitrogens is 1. The van der Waals surface area contributed by atoms with Crippen molar-refractivity contribution in [1.29, 1.82) is 0 Å². The number of aromatic amines is 1. The molecule has 0 saturated heterocycles. The van der Waals surface area contributed by atoms with Crippen LogP contribution in [0.5, 0.6) is 0 Å². The van der Waals surface area contributed by atoms with Crippen LogP contribution < -0.4 is 5.32 Å². The summed E-state index contributed by atoms with van der Waals surface area (Å²) >= 11 is 0. The van der Waals surface area contributed by atoms with Crippen LogP contribution >= 0.6 is 0 Å². The third-order valence-electron chi connectivity index (χ3n) is 3.21. The van der Waals surface area contributed by atoms with Gasteiger partial charge in [0.25, 0.3) is 5.69 Å². The second-order valence-electron chi connectivity index (χ2n) is 4.54. The van der Waals surface area contributed by atoms with E-state index in [1.165, 1.54) is 12.4 Å². The number of aromatic nitrogens is 4. The second kappa shape index (κ2) is 5.16. The molecule has 2 heterocycles. The molecule has 0 unspecified atom stereocenters. The van der Waals surface area contributed by atoms with Crippen molar-refractivity contribution in [3.05, 3.63) is 52.1 Å². The van der Waals surface area contributed by atoms with Crippen molar-refractivity contribution in [2.75, 3.05) is 5.32 Å². The molecule has 2 aromatic heterocycles. The molecule has 0 saturated carbocycles. The fourth-order valence-electron chi connectivity index (χ4n) is 2.03. The number of hydrogen-bond acceptors (Lipinski definition) is 6. The molecule has 8 nitrogen and oxygen atoms in total. The Kier molecular flexibility index (Phi) is 3.19. The van der Waals surface area contributed by atoms with E-state index in [9.17, 15) is 10.1 Å². The predicted molar refractivity (Wildman–Crippen MR) is 76.8 cm³/mol. The van der Waals surface area contributed by atoms with Crippen LogP contribution in [0.3, 0.4) is 0 Å². The van der Waals surface area contributed by atoms with Gasteiger partial charge in [0.2, 0.25) is 0 Å². The number of aryl methyl sites for hydroxylation is 1. The molecule has 0 bridgehead atoms.